The van der Waals surface area contributed by atoms with Crippen LogP contribution in [0, 0.1) is 11.2 Å². The van der Waals surface area contributed by atoms with Gasteiger partial charge >= 0.3 is 0 Å². The van der Waals surface area contributed by atoms with Gasteiger partial charge in [0, 0.05) is 23.6 Å². The normalized spacial score (nSPS) is 12.7. The van der Waals surface area contributed by atoms with Gasteiger partial charge in [-0.15, -0.1) is 0 Å². The van der Waals surface area contributed by atoms with Crippen molar-refractivity contribution >= 4 is 21.6 Å². The van der Waals surface area contributed by atoms with E-state index in [0.29, 0.717) is 0 Å². The molecule has 0 radical (unpaired) electrons. The third kappa shape index (κ3) is 3.91. The molecule has 0 unspecified atom stereocenters. The summed E-state index contributed by atoms with van der Waals surface area (Å²) in [6, 6.07) is 3.34. The maximum atomic E-state index is 13.5. The summed E-state index contributed by atoms with van der Waals surface area (Å²) in [5, 5.41) is 9.15. The second kappa shape index (κ2) is 5.52. The van der Waals surface area contributed by atoms with E-state index in [2.05, 4.69) is 4.72 Å². The van der Waals surface area contributed by atoms with E-state index in [1.54, 1.807) is 13.8 Å². The number of rotatable bonds is 5. The number of hydrogen-bond donors (Lipinski definition) is 2. The molecule has 0 spiro atoms. The molecule has 4 nitrogen and oxygen atoms in total. The smallest absolute Gasteiger partial charge is 0.243 e. The van der Waals surface area contributed by atoms with Crippen LogP contribution >= 0.6 is 11.6 Å². The monoisotopic (exact) mass is 295 g/mol. The highest BCUT2D eigenvalue weighted by Crippen LogP contribution is 2.20. The summed E-state index contributed by atoms with van der Waals surface area (Å²) in [6.45, 7) is 3.20. The Balaban J connectivity index is 2.94. The Morgan fingerprint density at radius 2 is 2.06 bits per heavy atom. The summed E-state index contributed by atoms with van der Waals surface area (Å²) in [7, 11) is -3.95. The van der Waals surface area contributed by atoms with Gasteiger partial charge in [-0.1, -0.05) is 25.4 Å². The van der Waals surface area contributed by atoms with Crippen LogP contribution in [0.5, 0.6) is 0 Å². The van der Waals surface area contributed by atoms with Crippen LogP contribution in [0.1, 0.15) is 13.8 Å². The predicted molar refractivity (Wildman–Crippen MR) is 67.5 cm³/mol. The van der Waals surface area contributed by atoms with E-state index in [0.717, 1.165) is 12.1 Å². The Bertz CT molecular complexity index is 531. The molecule has 0 saturated heterocycles. The average molecular weight is 296 g/mol. The quantitative estimate of drug-likeness (QED) is 0.870. The first kappa shape index (κ1) is 15.4. The van der Waals surface area contributed by atoms with Crippen LogP contribution in [-0.2, 0) is 10.0 Å². The predicted octanol–water partition coefficient (Wildman–Crippen LogP) is 1.78. The van der Waals surface area contributed by atoms with Gasteiger partial charge in [0.15, 0.2) is 0 Å². The first-order valence-corrected chi connectivity index (χ1v) is 7.10. The third-order valence-corrected chi connectivity index (χ3v) is 4.02. The van der Waals surface area contributed by atoms with Gasteiger partial charge in [-0.2, -0.15) is 0 Å². The van der Waals surface area contributed by atoms with Crippen LogP contribution in [0.2, 0.25) is 5.02 Å². The van der Waals surface area contributed by atoms with E-state index >= 15 is 0 Å². The standard InChI is InChI=1S/C11H15ClFNO3S/c1-11(2,7-15)6-14-18(16,17)10-4-3-8(12)5-9(10)13/h3-5,14-15H,6-7H2,1-2H3. The van der Waals surface area contributed by atoms with Crippen LogP contribution in [0.15, 0.2) is 23.1 Å². The lowest BCUT2D eigenvalue weighted by Crippen LogP contribution is -2.36. The molecule has 102 valence electrons. The van der Waals surface area contributed by atoms with E-state index in [1.807, 2.05) is 0 Å². The third-order valence-electron chi connectivity index (χ3n) is 2.35. The Labute approximate surface area is 111 Å². The van der Waals surface area contributed by atoms with Gasteiger partial charge < -0.3 is 5.11 Å². The van der Waals surface area contributed by atoms with E-state index in [4.69, 9.17) is 16.7 Å². The fourth-order valence-corrected chi connectivity index (χ4v) is 2.58. The van der Waals surface area contributed by atoms with Gasteiger partial charge in [-0.25, -0.2) is 17.5 Å². The van der Waals surface area contributed by atoms with Crippen molar-refractivity contribution in [3.63, 3.8) is 0 Å². The largest absolute Gasteiger partial charge is 0.396 e. The van der Waals surface area contributed by atoms with Crippen molar-refractivity contribution in [1.82, 2.24) is 4.72 Å². The van der Waals surface area contributed by atoms with Crippen molar-refractivity contribution in [3.05, 3.63) is 29.0 Å². The van der Waals surface area contributed by atoms with Gasteiger partial charge in [0.25, 0.3) is 0 Å². The first-order valence-electron chi connectivity index (χ1n) is 5.23. The minimum Gasteiger partial charge on any atom is -0.396 e. The van der Waals surface area contributed by atoms with Crippen LogP contribution in [0.25, 0.3) is 0 Å². The van der Waals surface area contributed by atoms with E-state index in [-0.39, 0.29) is 18.2 Å². The van der Waals surface area contributed by atoms with Gasteiger partial charge in [0.2, 0.25) is 10.0 Å². The van der Waals surface area contributed by atoms with Crippen LogP contribution in [0.3, 0.4) is 0 Å². The lowest BCUT2D eigenvalue weighted by atomic mass is 9.96. The average Bonchev–Trinajstić information content (AvgIpc) is 2.26. The minimum absolute atomic E-state index is 0.00784. The molecule has 0 aliphatic heterocycles. The Hall–Kier alpha value is -0.690. The zero-order valence-corrected chi connectivity index (χ0v) is 11.6. The maximum Gasteiger partial charge on any atom is 0.243 e. The van der Waals surface area contributed by atoms with Crippen LogP contribution in [0.4, 0.5) is 4.39 Å². The Morgan fingerprint density at radius 1 is 1.44 bits per heavy atom. The second-order valence-corrected chi connectivity index (χ2v) is 6.89. The number of hydrogen-bond acceptors (Lipinski definition) is 3. The summed E-state index contributed by atoms with van der Waals surface area (Å²) in [6.07, 6.45) is 0. The zero-order chi connectivity index (χ0) is 14.0. The second-order valence-electron chi connectivity index (χ2n) is 4.72. The van der Waals surface area contributed by atoms with Gasteiger partial charge in [-0.3, -0.25) is 0 Å². The van der Waals surface area contributed by atoms with Crippen molar-refractivity contribution in [2.75, 3.05) is 13.2 Å². The number of halogens is 2. The lowest BCUT2D eigenvalue weighted by molar-refractivity contribution is 0.163. The minimum atomic E-state index is -3.95. The molecule has 0 aliphatic rings. The SMILES string of the molecule is CC(C)(CO)CNS(=O)(=O)c1ccc(Cl)cc1F. The number of aliphatic hydroxyl groups is 1. The molecule has 7 heteroatoms. The fraction of sp³-hybridized carbons (Fsp3) is 0.455. The van der Waals surface area contributed by atoms with Crippen molar-refractivity contribution in [1.29, 1.82) is 0 Å². The highest BCUT2D eigenvalue weighted by Gasteiger charge is 2.23. The van der Waals surface area contributed by atoms with Gasteiger partial charge in [-0.05, 0) is 18.2 Å². The summed E-state index contributed by atoms with van der Waals surface area (Å²) >= 11 is 5.55. The number of nitrogens with one attached hydrogen (secondary N) is 1. The highest BCUT2D eigenvalue weighted by atomic mass is 35.5. The molecular formula is C11H15ClFNO3S. The van der Waals surface area contributed by atoms with Crippen LogP contribution < -0.4 is 4.72 Å². The topological polar surface area (TPSA) is 66.4 Å². The van der Waals surface area contributed by atoms with E-state index in [9.17, 15) is 12.8 Å². The van der Waals surface area contributed by atoms with Gasteiger partial charge in [0.05, 0.1) is 0 Å². The molecule has 0 aliphatic carbocycles. The molecular weight excluding hydrogens is 281 g/mol. The first-order chi connectivity index (χ1) is 8.18. The molecule has 0 bridgehead atoms. The lowest BCUT2D eigenvalue weighted by Gasteiger charge is -2.21. The molecule has 0 atom stereocenters. The fourth-order valence-electron chi connectivity index (χ4n) is 1.12. The number of benzene rings is 1. The van der Waals surface area contributed by atoms with Gasteiger partial charge in [0.1, 0.15) is 10.7 Å². The summed E-state index contributed by atoms with van der Waals surface area (Å²) < 4.78 is 39.5. The zero-order valence-electron chi connectivity index (χ0n) is 10.1. The maximum absolute atomic E-state index is 13.5. The van der Waals surface area contributed by atoms with Crippen molar-refractivity contribution < 1.29 is 17.9 Å². The van der Waals surface area contributed by atoms with Crippen molar-refractivity contribution in [3.8, 4) is 0 Å². The van der Waals surface area contributed by atoms with Crippen molar-refractivity contribution in [2.24, 2.45) is 5.41 Å². The Kier molecular flexibility index (Phi) is 4.72. The Morgan fingerprint density at radius 3 is 2.56 bits per heavy atom. The molecule has 0 saturated carbocycles. The van der Waals surface area contributed by atoms with Crippen LogP contribution in [-0.4, -0.2) is 26.7 Å². The molecule has 1 aromatic rings. The molecule has 18 heavy (non-hydrogen) atoms. The molecule has 0 aromatic heterocycles. The summed E-state index contributed by atoms with van der Waals surface area (Å²) in [5.74, 6) is -0.906. The van der Waals surface area contributed by atoms with E-state index in [1.165, 1.54) is 6.07 Å². The molecule has 0 heterocycles. The summed E-state index contributed by atoms with van der Waals surface area (Å²) in [5.41, 5.74) is -0.615. The summed E-state index contributed by atoms with van der Waals surface area (Å²) in [4.78, 5) is -0.458. The number of aliphatic hydroxyl groups excluding tert-OH is 1. The highest BCUT2D eigenvalue weighted by molar-refractivity contribution is 7.89. The van der Waals surface area contributed by atoms with E-state index < -0.39 is 26.2 Å². The molecule has 0 amide bonds. The molecule has 0 fully saturated rings. The van der Waals surface area contributed by atoms with Crippen molar-refractivity contribution in [2.45, 2.75) is 18.7 Å². The molecule has 1 aromatic carbocycles. The molecule has 2 N–H and O–H groups in total. The molecule has 1 rings (SSSR count). The number of sulfonamides is 1.